The Morgan fingerprint density at radius 3 is 2.15 bits per heavy atom. The molecule has 2 aliphatic rings. The lowest BCUT2D eigenvalue weighted by Gasteiger charge is -2.52. The average Bonchev–Trinajstić information content (AvgIpc) is 2.38. The molecule has 2 N–H and O–H groups in total. The van der Waals surface area contributed by atoms with Gasteiger partial charge in [0, 0.05) is 42.2 Å². The van der Waals surface area contributed by atoms with Gasteiger partial charge in [-0.25, -0.2) is 0 Å². The number of hydrogen-bond donors (Lipinski definition) is 1. The zero-order chi connectivity index (χ0) is 14.8. The van der Waals surface area contributed by atoms with Crippen molar-refractivity contribution in [3.63, 3.8) is 0 Å². The molecule has 2 aliphatic heterocycles. The summed E-state index contributed by atoms with van der Waals surface area (Å²) in [6.07, 6.45) is 2.50. The fraction of sp³-hybridized carbons (Fsp3) is 1.00. The number of thioether (sulfide) groups is 1. The lowest BCUT2D eigenvalue weighted by atomic mass is 9.84. The summed E-state index contributed by atoms with van der Waals surface area (Å²) in [4.78, 5) is 5.36. The predicted octanol–water partition coefficient (Wildman–Crippen LogP) is 2.26. The van der Waals surface area contributed by atoms with E-state index in [1.54, 1.807) is 0 Å². The third kappa shape index (κ3) is 3.90. The van der Waals surface area contributed by atoms with Crippen molar-refractivity contribution < 1.29 is 0 Å². The zero-order valence-corrected chi connectivity index (χ0v) is 14.6. The van der Waals surface area contributed by atoms with Crippen LogP contribution >= 0.6 is 11.8 Å². The van der Waals surface area contributed by atoms with Crippen molar-refractivity contribution in [2.75, 3.05) is 39.3 Å². The average molecular weight is 300 g/mol. The van der Waals surface area contributed by atoms with E-state index in [1.165, 1.54) is 45.6 Å². The molecule has 2 unspecified atom stereocenters. The third-order valence-corrected chi connectivity index (χ3v) is 6.11. The van der Waals surface area contributed by atoms with Crippen LogP contribution in [0.25, 0.3) is 0 Å². The molecule has 0 aromatic heterocycles. The number of nitrogens with two attached hydrogens (primary N) is 1. The molecule has 20 heavy (non-hydrogen) atoms. The SMILES string of the molecule is CC(C)CN1CCC(CN)(N2CC(C)SC(C)C2)CC1. The zero-order valence-electron chi connectivity index (χ0n) is 13.8. The van der Waals surface area contributed by atoms with E-state index in [0.717, 1.165) is 23.0 Å². The van der Waals surface area contributed by atoms with Crippen LogP contribution in [-0.4, -0.2) is 65.1 Å². The maximum atomic E-state index is 6.24. The molecule has 0 aromatic rings. The minimum absolute atomic E-state index is 0.275. The monoisotopic (exact) mass is 299 g/mol. The Hall–Kier alpha value is 0.230. The van der Waals surface area contributed by atoms with Gasteiger partial charge >= 0.3 is 0 Å². The molecule has 118 valence electrons. The second-order valence-electron chi connectivity index (χ2n) is 7.29. The first kappa shape index (κ1) is 16.6. The van der Waals surface area contributed by atoms with Gasteiger partial charge in [-0.1, -0.05) is 27.7 Å². The maximum Gasteiger partial charge on any atom is 0.0356 e. The summed E-state index contributed by atoms with van der Waals surface area (Å²) in [6.45, 7) is 16.3. The van der Waals surface area contributed by atoms with Gasteiger partial charge in [0.25, 0.3) is 0 Å². The fourth-order valence-electron chi connectivity index (χ4n) is 3.88. The van der Waals surface area contributed by atoms with Crippen LogP contribution in [0, 0.1) is 5.92 Å². The summed E-state index contributed by atoms with van der Waals surface area (Å²) < 4.78 is 0. The van der Waals surface area contributed by atoms with Gasteiger partial charge in [-0.05, 0) is 31.8 Å². The number of piperidine rings is 1. The normalized spacial score (nSPS) is 32.7. The highest BCUT2D eigenvalue weighted by atomic mass is 32.2. The van der Waals surface area contributed by atoms with E-state index in [1.807, 2.05) is 0 Å². The quantitative estimate of drug-likeness (QED) is 0.863. The highest BCUT2D eigenvalue weighted by molar-refractivity contribution is 8.00. The van der Waals surface area contributed by atoms with Crippen LogP contribution in [-0.2, 0) is 0 Å². The molecular formula is C16H33N3S. The molecule has 4 heteroatoms. The van der Waals surface area contributed by atoms with Gasteiger partial charge in [0.05, 0.1) is 0 Å². The summed E-state index contributed by atoms with van der Waals surface area (Å²) in [6, 6.07) is 0. The van der Waals surface area contributed by atoms with Crippen molar-refractivity contribution in [3.05, 3.63) is 0 Å². The van der Waals surface area contributed by atoms with Gasteiger partial charge in [-0.2, -0.15) is 11.8 Å². The molecule has 0 bridgehead atoms. The molecule has 2 atom stereocenters. The van der Waals surface area contributed by atoms with Gasteiger partial charge in [0.15, 0.2) is 0 Å². The van der Waals surface area contributed by atoms with Crippen molar-refractivity contribution in [3.8, 4) is 0 Å². The molecule has 0 aromatic carbocycles. The Balaban J connectivity index is 1.97. The summed E-state index contributed by atoms with van der Waals surface area (Å²) in [7, 11) is 0. The van der Waals surface area contributed by atoms with Gasteiger partial charge in [-0.15, -0.1) is 0 Å². The Labute approximate surface area is 129 Å². The second-order valence-corrected chi connectivity index (χ2v) is 9.17. The Morgan fingerprint density at radius 2 is 1.70 bits per heavy atom. The van der Waals surface area contributed by atoms with E-state index in [0.29, 0.717) is 0 Å². The number of hydrogen-bond acceptors (Lipinski definition) is 4. The summed E-state index contributed by atoms with van der Waals surface area (Å²) in [5.74, 6) is 0.770. The first-order valence-corrected chi connectivity index (χ1v) is 9.22. The molecular weight excluding hydrogens is 266 g/mol. The highest BCUT2D eigenvalue weighted by Gasteiger charge is 2.41. The van der Waals surface area contributed by atoms with Crippen LogP contribution < -0.4 is 5.73 Å². The third-order valence-electron chi connectivity index (χ3n) is 4.88. The molecule has 0 spiro atoms. The van der Waals surface area contributed by atoms with E-state index >= 15 is 0 Å². The topological polar surface area (TPSA) is 32.5 Å². The van der Waals surface area contributed by atoms with Crippen LogP contribution in [0.2, 0.25) is 0 Å². The summed E-state index contributed by atoms with van der Waals surface area (Å²) >= 11 is 2.13. The van der Waals surface area contributed by atoms with Crippen LogP contribution in [0.4, 0.5) is 0 Å². The van der Waals surface area contributed by atoms with Crippen LogP contribution in [0.1, 0.15) is 40.5 Å². The van der Waals surface area contributed by atoms with Crippen molar-refractivity contribution in [1.29, 1.82) is 0 Å². The predicted molar refractivity (Wildman–Crippen MR) is 90.4 cm³/mol. The molecule has 2 saturated heterocycles. The smallest absolute Gasteiger partial charge is 0.0356 e. The maximum absolute atomic E-state index is 6.24. The Kier molecular flexibility index (Phi) is 5.80. The molecule has 2 heterocycles. The first-order chi connectivity index (χ1) is 9.45. The van der Waals surface area contributed by atoms with E-state index in [2.05, 4.69) is 49.3 Å². The molecule has 0 saturated carbocycles. The van der Waals surface area contributed by atoms with Crippen molar-refractivity contribution >= 4 is 11.8 Å². The van der Waals surface area contributed by atoms with Crippen molar-refractivity contribution in [2.24, 2.45) is 11.7 Å². The van der Waals surface area contributed by atoms with E-state index in [9.17, 15) is 0 Å². The fourth-order valence-corrected chi connectivity index (χ4v) is 5.21. The second kappa shape index (κ2) is 6.99. The summed E-state index contributed by atoms with van der Waals surface area (Å²) in [5.41, 5.74) is 6.51. The van der Waals surface area contributed by atoms with E-state index in [-0.39, 0.29) is 5.54 Å². The van der Waals surface area contributed by atoms with Crippen LogP contribution in [0.5, 0.6) is 0 Å². The van der Waals surface area contributed by atoms with E-state index < -0.39 is 0 Å². The lowest BCUT2D eigenvalue weighted by Crippen LogP contribution is -2.63. The largest absolute Gasteiger partial charge is 0.329 e. The molecule has 2 fully saturated rings. The highest BCUT2D eigenvalue weighted by Crippen LogP contribution is 2.34. The standard InChI is InChI=1S/C16H33N3S/c1-13(2)9-18-7-5-16(12-17,6-8-18)19-10-14(3)20-15(4)11-19/h13-15H,5-12,17H2,1-4H3. The van der Waals surface area contributed by atoms with Gasteiger partial charge < -0.3 is 10.6 Å². The van der Waals surface area contributed by atoms with Gasteiger partial charge in [0.2, 0.25) is 0 Å². The van der Waals surface area contributed by atoms with Crippen molar-refractivity contribution in [2.45, 2.75) is 56.6 Å². The minimum atomic E-state index is 0.275. The Bertz CT molecular complexity index is 290. The van der Waals surface area contributed by atoms with Gasteiger partial charge in [-0.3, -0.25) is 4.90 Å². The lowest BCUT2D eigenvalue weighted by molar-refractivity contribution is 0.0226. The molecule has 0 aliphatic carbocycles. The summed E-state index contributed by atoms with van der Waals surface area (Å²) in [5, 5.41) is 1.49. The number of rotatable bonds is 4. The minimum Gasteiger partial charge on any atom is -0.329 e. The van der Waals surface area contributed by atoms with Crippen molar-refractivity contribution in [1.82, 2.24) is 9.80 Å². The Morgan fingerprint density at radius 1 is 1.15 bits per heavy atom. The number of likely N-dealkylation sites (tertiary alicyclic amines) is 1. The van der Waals surface area contributed by atoms with Crippen LogP contribution in [0.15, 0.2) is 0 Å². The first-order valence-electron chi connectivity index (χ1n) is 8.28. The number of nitrogens with zero attached hydrogens (tertiary/aromatic N) is 2. The molecule has 3 nitrogen and oxygen atoms in total. The molecule has 0 radical (unpaired) electrons. The molecule has 2 rings (SSSR count). The van der Waals surface area contributed by atoms with E-state index in [4.69, 9.17) is 5.73 Å². The van der Waals surface area contributed by atoms with Gasteiger partial charge in [0.1, 0.15) is 0 Å². The molecule has 0 amide bonds. The van der Waals surface area contributed by atoms with Crippen LogP contribution in [0.3, 0.4) is 0 Å².